The van der Waals surface area contributed by atoms with E-state index in [0.29, 0.717) is 0 Å². The minimum absolute atomic E-state index is 0.0166. The van der Waals surface area contributed by atoms with Gasteiger partial charge in [-0.2, -0.15) is 5.10 Å². The first-order chi connectivity index (χ1) is 7.47. The Bertz CT molecular complexity index is 607. The van der Waals surface area contributed by atoms with Crippen molar-refractivity contribution in [2.24, 2.45) is 0 Å². The molecule has 2 aromatic rings. The molecule has 0 unspecified atom stereocenters. The molecule has 0 aliphatic carbocycles. The summed E-state index contributed by atoms with van der Waals surface area (Å²) >= 11 is 3.31. The topological polar surface area (TPSA) is 52.0 Å². The summed E-state index contributed by atoms with van der Waals surface area (Å²) < 4.78 is 24.5. The van der Waals surface area contributed by atoms with Crippen LogP contribution in [0.15, 0.2) is 46.0 Å². The van der Waals surface area contributed by atoms with Gasteiger partial charge in [0.2, 0.25) is 0 Å². The number of halogens is 2. The van der Waals surface area contributed by atoms with E-state index in [9.17, 15) is 8.42 Å². The Morgan fingerprint density at radius 3 is 2.38 bits per heavy atom. The molecule has 0 aliphatic heterocycles. The third-order valence-electron chi connectivity index (χ3n) is 1.93. The minimum Gasteiger partial charge on any atom is -0.240 e. The van der Waals surface area contributed by atoms with Gasteiger partial charge in [0.05, 0.1) is 18.1 Å². The van der Waals surface area contributed by atoms with E-state index in [1.807, 2.05) is 24.3 Å². The molecule has 0 atom stereocenters. The van der Waals surface area contributed by atoms with E-state index in [1.54, 1.807) is 0 Å². The molecule has 84 valence electrons. The quantitative estimate of drug-likeness (QED) is 0.799. The second kappa shape index (κ2) is 4.20. The highest BCUT2D eigenvalue weighted by Gasteiger charge is 2.12. The summed E-state index contributed by atoms with van der Waals surface area (Å²) in [7, 11) is 1.48. The minimum atomic E-state index is -3.72. The fourth-order valence-corrected chi connectivity index (χ4v) is 2.07. The van der Waals surface area contributed by atoms with Crippen LogP contribution in [-0.2, 0) is 9.05 Å². The first-order valence-corrected chi connectivity index (χ1v) is 7.32. The highest BCUT2D eigenvalue weighted by Crippen LogP contribution is 2.17. The Hall–Kier alpha value is -0.850. The molecule has 2 rings (SSSR count). The monoisotopic (exact) mass is 320 g/mol. The summed E-state index contributed by atoms with van der Waals surface area (Å²) in [4.78, 5) is -0.0166. The molecule has 0 radical (unpaired) electrons. The summed E-state index contributed by atoms with van der Waals surface area (Å²) in [5.74, 6) is 0. The molecule has 0 saturated carbocycles. The number of hydrogen-bond donors (Lipinski definition) is 0. The molecule has 16 heavy (non-hydrogen) atoms. The van der Waals surface area contributed by atoms with Crippen molar-refractivity contribution in [1.82, 2.24) is 9.78 Å². The van der Waals surface area contributed by atoms with E-state index in [4.69, 9.17) is 10.7 Å². The molecule has 0 amide bonds. The lowest BCUT2D eigenvalue weighted by atomic mass is 10.3. The van der Waals surface area contributed by atoms with Crippen LogP contribution in [0.3, 0.4) is 0 Å². The lowest BCUT2D eigenvalue weighted by molar-refractivity contribution is 0.609. The van der Waals surface area contributed by atoms with E-state index in [0.717, 1.165) is 10.2 Å². The zero-order valence-electron chi connectivity index (χ0n) is 7.84. The summed E-state index contributed by atoms with van der Waals surface area (Å²) in [5, 5.41) is 3.92. The molecule has 4 nitrogen and oxygen atoms in total. The molecule has 0 spiro atoms. The lowest BCUT2D eigenvalue weighted by Gasteiger charge is -1.99. The molecular formula is C9H6BrClN2O2S. The Morgan fingerprint density at radius 1 is 1.25 bits per heavy atom. The van der Waals surface area contributed by atoms with Crippen LogP contribution in [0.1, 0.15) is 0 Å². The van der Waals surface area contributed by atoms with Crippen LogP contribution < -0.4 is 0 Å². The van der Waals surface area contributed by atoms with Gasteiger partial charge in [-0.05, 0) is 24.3 Å². The third-order valence-corrected chi connectivity index (χ3v) is 3.77. The molecule has 0 bridgehead atoms. The van der Waals surface area contributed by atoms with Gasteiger partial charge < -0.3 is 0 Å². The molecule has 0 saturated heterocycles. The van der Waals surface area contributed by atoms with Gasteiger partial charge >= 0.3 is 0 Å². The predicted molar refractivity (Wildman–Crippen MR) is 64.3 cm³/mol. The van der Waals surface area contributed by atoms with Gasteiger partial charge in [0.15, 0.2) is 0 Å². The van der Waals surface area contributed by atoms with Crippen molar-refractivity contribution in [2.45, 2.75) is 4.90 Å². The number of hydrogen-bond acceptors (Lipinski definition) is 3. The van der Waals surface area contributed by atoms with Gasteiger partial charge in [-0.1, -0.05) is 15.9 Å². The molecule has 0 fully saturated rings. The number of aromatic nitrogens is 2. The standard InChI is InChI=1S/C9H6BrClN2O2S/c10-7-1-3-8(4-2-7)13-6-9(5-12-13)16(11,14)15/h1-6H. The van der Waals surface area contributed by atoms with Crippen molar-refractivity contribution in [3.05, 3.63) is 41.1 Å². The van der Waals surface area contributed by atoms with Crippen LogP contribution in [0.5, 0.6) is 0 Å². The second-order valence-corrected chi connectivity index (χ2v) is 6.52. The Balaban J connectivity index is 2.43. The summed E-state index contributed by atoms with van der Waals surface area (Å²) in [6, 6.07) is 7.29. The van der Waals surface area contributed by atoms with Gasteiger partial charge in [0, 0.05) is 15.2 Å². The highest BCUT2D eigenvalue weighted by molar-refractivity contribution is 9.10. The van der Waals surface area contributed by atoms with Crippen LogP contribution in [0.25, 0.3) is 5.69 Å². The number of rotatable bonds is 2. The Kier molecular flexibility index (Phi) is 3.05. The van der Waals surface area contributed by atoms with E-state index >= 15 is 0 Å². The van der Waals surface area contributed by atoms with Crippen molar-refractivity contribution < 1.29 is 8.42 Å². The van der Waals surface area contributed by atoms with Gasteiger partial charge in [0.1, 0.15) is 4.90 Å². The van der Waals surface area contributed by atoms with Gasteiger partial charge in [0.25, 0.3) is 9.05 Å². The van der Waals surface area contributed by atoms with E-state index in [-0.39, 0.29) is 4.90 Å². The van der Waals surface area contributed by atoms with E-state index in [1.165, 1.54) is 17.1 Å². The summed E-state index contributed by atoms with van der Waals surface area (Å²) in [5.41, 5.74) is 0.759. The maximum Gasteiger partial charge on any atom is 0.264 e. The summed E-state index contributed by atoms with van der Waals surface area (Å²) in [6.07, 6.45) is 2.58. The average Bonchev–Trinajstić information content (AvgIpc) is 2.67. The smallest absolute Gasteiger partial charge is 0.240 e. The first kappa shape index (κ1) is 11.6. The predicted octanol–water partition coefficient (Wildman–Crippen LogP) is 2.56. The molecule has 0 aliphatic rings. The SMILES string of the molecule is O=S(=O)(Cl)c1cnn(-c2ccc(Br)cc2)c1. The maximum atomic E-state index is 11.0. The van der Waals surface area contributed by atoms with Crippen LogP contribution >= 0.6 is 26.6 Å². The third kappa shape index (κ3) is 2.45. The van der Waals surface area contributed by atoms with Crippen LogP contribution in [0.2, 0.25) is 0 Å². The van der Waals surface area contributed by atoms with Gasteiger partial charge in [-0.3, -0.25) is 0 Å². The molecule has 1 aromatic carbocycles. The molecule has 0 N–H and O–H groups in total. The normalized spacial score (nSPS) is 11.6. The van der Waals surface area contributed by atoms with E-state index in [2.05, 4.69) is 21.0 Å². The molecule has 1 aromatic heterocycles. The van der Waals surface area contributed by atoms with Crippen LogP contribution in [0, 0.1) is 0 Å². The maximum absolute atomic E-state index is 11.0. The molecular weight excluding hydrogens is 316 g/mol. The molecule has 7 heteroatoms. The van der Waals surface area contributed by atoms with Crippen molar-refractivity contribution in [3.8, 4) is 5.69 Å². The van der Waals surface area contributed by atoms with Crippen molar-refractivity contribution in [2.75, 3.05) is 0 Å². The molecule has 1 heterocycles. The van der Waals surface area contributed by atoms with Crippen LogP contribution in [-0.4, -0.2) is 18.2 Å². The highest BCUT2D eigenvalue weighted by atomic mass is 79.9. The van der Waals surface area contributed by atoms with Crippen LogP contribution in [0.4, 0.5) is 0 Å². The average molecular weight is 322 g/mol. The Labute approximate surface area is 105 Å². The van der Waals surface area contributed by atoms with Crippen molar-refractivity contribution in [1.29, 1.82) is 0 Å². The second-order valence-electron chi connectivity index (χ2n) is 3.03. The zero-order chi connectivity index (χ0) is 11.8. The van der Waals surface area contributed by atoms with E-state index < -0.39 is 9.05 Å². The van der Waals surface area contributed by atoms with Gasteiger partial charge in [-0.25, -0.2) is 13.1 Å². The lowest BCUT2D eigenvalue weighted by Crippen LogP contribution is -1.93. The van der Waals surface area contributed by atoms with Gasteiger partial charge in [-0.15, -0.1) is 0 Å². The number of nitrogens with zero attached hydrogens (tertiary/aromatic N) is 2. The summed E-state index contributed by atoms with van der Waals surface area (Å²) in [6.45, 7) is 0. The Morgan fingerprint density at radius 2 is 1.88 bits per heavy atom. The number of benzene rings is 1. The first-order valence-electron chi connectivity index (χ1n) is 4.22. The largest absolute Gasteiger partial charge is 0.264 e. The fraction of sp³-hybridized carbons (Fsp3) is 0. The zero-order valence-corrected chi connectivity index (χ0v) is 11.0. The fourth-order valence-electron chi connectivity index (χ4n) is 1.17. The van der Waals surface area contributed by atoms with Crippen molar-refractivity contribution >= 4 is 35.7 Å². The van der Waals surface area contributed by atoms with Crippen molar-refractivity contribution in [3.63, 3.8) is 0 Å².